The van der Waals surface area contributed by atoms with Crippen LogP contribution in [0.1, 0.15) is 17.0 Å². The second kappa shape index (κ2) is 4.91. The molecule has 1 amide bonds. The Morgan fingerprint density at radius 3 is 2.81 bits per heavy atom. The summed E-state index contributed by atoms with van der Waals surface area (Å²) in [6, 6.07) is 2.31. The summed E-state index contributed by atoms with van der Waals surface area (Å²) >= 11 is 0. The topological polar surface area (TPSA) is 135 Å². The predicted molar refractivity (Wildman–Crippen MR) is 54.2 cm³/mol. The number of amidine groups is 1. The van der Waals surface area contributed by atoms with Crippen LogP contribution in [0.15, 0.2) is 16.5 Å². The molecule has 0 spiro atoms. The molecule has 0 unspecified atom stereocenters. The van der Waals surface area contributed by atoms with Crippen molar-refractivity contribution < 1.29 is 14.1 Å². The zero-order valence-corrected chi connectivity index (χ0v) is 8.23. The molecule has 8 heteroatoms. The molecule has 86 valence electrons. The lowest BCUT2D eigenvalue weighted by atomic mass is 10.3. The second-order valence-corrected chi connectivity index (χ2v) is 2.93. The standard InChI is InChI=1S/C8H10N4O4/c9-6(10)3-4-11-8(13)5-1-2-7(16-5)12(14)15/h1-2H,3-4H2,(H3,9,10)(H,11,13). The van der Waals surface area contributed by atoms with Crippen molar-refractivity contribution in [2.45, 2.75) is 6.42 Å². The van der Waals surface area contributed by atoms with E-state index in [0.717, 1.165) is 6.07 Å². The quantitative estimate of drug-likeness (QED) is 0.286. The van der Waals surface area contributed by atoms with Crippen LogP contribution in [0.3, 0.4) is 0 Å². The maximum Gasteiger partial charge on any atom is 0.433 e. The minimum absolute atomic E-state index is 0.0503. The lowest BCUT2D eigenvalue weighted by molar-refractivity contribution is -0.402. The minimum atomic E-state index is -0.730. The highest BCUT2D eigenvalue weighted by Gasteiger charge is 2.16. The van der Waals surface area contributed by atoms with Gasteiger partial charge in [-0.1, -0.05) is 0 Å². The van der Waals surface area contributed by atoms with Gasteiger partial charge >= 0.3 is 5.88 Å². The Kier molecular flexibility index (Phi) is 3.59. The molecule has 0 radical (unpaired) electrons. The van der Waals surface area contributed by atoms with Crippen LogP contribution in [-0.2, 0) is 0 Å². The average molecular weight is 226 g/mol. The van der Waals surface area contributed by atoms with Crippen molar-refractivity contribution in [1.29, 1.82) is 5.41 Å². The van der Waals surface area contributed by atoms with Gasteiger partial charge in [0.05, 0.1) is 11.9 Å². The molecule has 1 aromatic heterocycles. The Balaban J connectivity index is 2.53. The van der Waals surface area contributed by atoms with Crippen molar-refractivity contribution in [1.82, 2.24) is 5.32 Å². The summed E-state index contributed by atoms with van der Waals surface area (Å²) in [6.07, 6.45) is 0.217. The third-order valence-corrected chi connectivity index (χ3v) is 1.68. The Labute approximate surface area is 90.1 Å². The van der Waals surface area contributed by atoms with Crippen LogP contribution < -0.4 is 11.1 Å². The number of furan rings is 1. The lowest BCUT2D eigenvalue weighted by Gasteiger charge is -2.00. The summed E-state index contributed by atoms with van der Waals surface area (Å²) in [4.78, 5) is 20.9. The maximum atomic E-state index is 11.3. The normalized spacial score (nSPS) is 9.75. The Bertz CT molecular complexity index is 425. The highest BCUT2D eigenvalue weighted by atomic mass is 16.6. The van der Waals surface area contributed by atoms with Gasteiger partial charge in [-0.2, -0.15) is 0 Å². The third-order valence-electron chi connectivity index (χ3n) is 1.68. The van der Waals surface area contributed by atoms with Crippen LogP contribution >= 0.6 is 0 Å². The number of nitrogens with zero attached hydrogens (tertiary/aromatic N) is 1. The summed E-state index contributed by atoms with van der Waals surface area (Å²) in [6.45, 7) is 0.183. The highest BCUT2D eigenvalue weighted by Crippen LogP contribution is 2.15. The molecule has 8 nitrogen and oxygen atoms in total. The number of nitrogens with one attached hydrogen (secondary N) is 2. The number of carbonyl (C=O) groups is 1. The first-order valence-corrected chi connectivity index (χ1v) is 4.36. The van der Waals surface area contributed by atoms with E-state index in [9.17, 15) is 14.9 Å². The lowest BCUT2D eigenvalue weighted by Crippen LogP contribution is -2.27. The molecule has 0 aliphatic carbocycles. The van der Waals surface area contributed by atoms with Gasteiger partial charge in [-0.25, -0.2) is 0 Å². The summed E-state index contributed by atoms with van der Waals surface area (Å²) in [5, 5.41) is 19.6. The van der Waals surface area contributed by atoms with Gasteiger partial charge in [0.1, 0.15) is 4.92 Å². The molecule has 0 bridgehead atoms. The molecule has 0 atom stereocenters. The van der Waals surface area contributed by atoms with Crippen molar-refractivity contribution >= 4 is 17.6 Å². The molecular weight excluding hydrogens is 216 g/mol. The number of rotatable bonds is 5. The van der Waals surface area contributed by atoms with Crippen LogP contribution in [-0.4, -0.2) is 23.2 Å². The Morgan fingerprint density at radius 1 is 1.62 bits per heavy atom. The molecule has 0 fully saturated rings. The summed E-state index contributed by atoms with van der Waals surface area (Å²) in [5.41, 5.74) is 5.08. The van der Waals surface area contributed by atoms with E-state index in [-0.39, 0.29) is 24.6 Å². The molecule has 0 aliphatic heterocycles. The number of hydrogen-bond acceptors (Lipinski definition) is 5. The highest BCUT2D eigenvalue weighted by molar-refractivity contribution is 5.92. The van der Waals surface area contributed by atoms with Crippen LogP contribution in [0, 0.1) is 15.5 Å². The molecular formula is C8H10N4O4. The van der Waals surface area contributed by atoms with Gasteiger partial charge in [0.15, 0.2) is 5.76 Å². The molecule has 16 heavy (non-hydrogen) atoms. The maximum absolute atomic E-state index is 11.3. The van der Waals surface area contributed by atoms with Crippen LogP contribution in [0.4, 0.5) is 5.88 Å². The fourth-order valence-corrected chi connectivity index (χ4v) is 0.946. The van der Waals surface area contributed by atoms with E-state index in [0.29, 0.717) is 0 Å². The molecule has 4 N–H and O–H groups in total. The third kappa shape index (κ3) is 3.08. The first-order valence-electron chi connectivity index (χ1n) is 4.36. The zero-order valence-electron chi connectivity index (χ0n) is 8.23. The fraction of sp³-hybridized carbons (Fsp3) is 0.250. The predicted octanol–water partition coefficient (Wildman–Crippen LogP) is 0.244. The van der Waals surface area contributed by atoms with E-state index in [2.05, 4.69) is 9.73 Å². The summed E-state index contributed by atoms with van der Waals surface area (Å²) in [7, 11) is 0. The van der Waals surface area contributed by atoms with Crippen molar-refractivity contribution in [2.24, 2.45) is 5.73 Å². The van der Waals surface area contributed by atoms with Crippen LogP contribution in [0.2, 0.25) is 0 Å². The Morgan fingerprint density at radius 2 is 2.31 bits per heavy atom. The molecule has 1 heterocycles. The van der Waals surface area contributed by atoms with Crippen LogP contribution in [0.25, 0.3) is 0 Å². The molecule has 0 aromatic carbocycles. The molecule has 1 aromatic rings. The largest absolute Gasteiger partial charge is 0.433 e. The van der Waals surface area contributed by atoms with Crippen molar-refractivity contribution in [3.05, 3.63) is 28.0 Å². The van der Waals surface area contributed by atoms with Crippen molar-refractivity contribution in [3.8, 4) is 0 Å². The van der Waals surface area contributed by atoms with Crippen LogP contribution in [0.5, 0.6) is 0 Å². The van der Waals surface area contributed by atoms with Crippen molar-refractivity contribution in [3.63, 3.8) is 0 Å². The Hall–Kier alpha value is -2.38. The zero-order chi connectivity index (χ0) is 12.1. The number of carbonyl (C=O) groups excluding carboxylic acids is 1. The van der Waals surface area contributed by atoms with Gasteiger partial charge < -0.3 is 15.5 Å². The van der Waals surface area contributed by atoms with E-state index in [4.69, 9.17) is 11.1 Å². The molecule has 1 rings (SSSR count). The summed E-state index contributed by atoms with van der Waals surface area (Å²) < 4.78 is 4.67. The SMILES string of the molecule is N=C(N)CCNC(=O)c1ccc([N+](=O)[O-])o1. The van der Waals surface area contributed by atoms with Gasteiger partial charge in [-0.05, 0) is 6.07 Å². The van der Waals surface area contributed by atoms with Gasteiger partial charge in [-0.3, -0.25) is 20.3 Å². The first-order chi connectivity index (χ1) is 7.50. The van der Waals surface area contributed by atoms with Gasteiger partial charge in [0.2, 0.25) is 0 Å². The summed E-state index contributed by atoms with van der Waals surface area (Å²) in [5.74, 6) is -1.26. The second-order valence-electron chi connectivity index (χ2n) is 2.93. The van der Waals surface area contributed by atoms with E-state index < -0.39 is 16.7 Å². The smallest absolute Gasteiger partial charge is 0.395 e. The first kappa shape index (κ1) is 11.7. The number of nitro groups is 1. The molecule has 0 saturated heterocycles. The molecule has 0 aliphatic rings. The van der Waals surface area contributed by atoms with Gasteiger partial charge in [0.25, 0.3) is 5.91 Å². The minimum Gasteiger partial charge on any atom is -0.395 e. The van der Waals surface area contributed by atoms with Gasteiger partial charge in [-0.15, -0.1) is 0 Å². The molecule has 0 saturated carbocycles. The van der Waals surface area contributed by atoms with E-state index in [1.807, 2.05) is 0 Å². The van der Waals surface area contributed by atoms with E-state index >= 15 is 0 Å². The fourth-order valence-electron chi connectivity index (χ4n) is 0.946. The van der Waals surface area contributed by atoms with E-state index in [1.165, 1.54) is 6.07 Å². The van der Waals surface area contributed by atoms with Gasteiger partial charge in [0, 0.05) is 13.0 Å². The number of nitrogens with two attached hydrogens (primary N) is 1. The monoisotopic (exact) mass is 226 g/mol. The van der Waals surface area contributed by atoms with E-state index in [1.54, 1.807) is 0 Å². The number of hydrogen-bond donors (Lipinski definition) is 3. The number of amides is 1. The van der Waals surface area contributed by atoms with Crippen molar-refractivity contribution in [2.75, 3.05) is 6.54 Å². The average Bonchev–Trinajstić information content (AvgIpc) is 2.65.